The van der Waals surface area contributed by atoms with Gasteiger partial charge in [0.25, 0.3) is 5.69 Å². The summed E-state index contributed by atoms with van der Waals surface area (Å²) in [5, 5.41) is 22.1. The number of nitro benzene ring substituents is 1. The number of benzene rings is 1. The number of imide groups is 1. The summed E-state index contributed by atoms with van der Waals surface area (Å²) in [4.78, 5) is 53.3. The van der Waals surface area contributed by atoms with Crippen molar-refractivity contribution in [3.63, 3.8) is 0 Å². The summed E-state index contributed by atoms with van der Waals surface area (Å²) in [5.74, 6) is -2.32. The largest absolute Gasteiger partial charge is 0.481 e. The van der Waals surface area contributed by atoms with Gasteiger partial charge in [0.15, 0.2) is 0 Å². The summed E-state index contributed by atoms with van der Waals surface area (Å²) in [7, 11) is 0. The van der Waals surface area contributed by atoms with E-state index in [-0.39, 0.29) is 52.3 Å². The van der Waals surface area contributed by atoms with E-state index in [0.29, 0.717) is 19.3 Å². The van der Waals surface area contributed by atoms with Gasteiger partial charge in [-0.1, -0.05) is 51.0 Å². The second-order valence-electron chi connectivity index (χ2n) is 13.2. The Morgan fingerprint density at radius 2 is 1.82 bits per heavy atom. The van der Waals surface area contributed by atoms with Crippen molar-refractivity contribution in [1.29, 1.82) is 0 Å². The molecule has 202 valence electrons. The number of carboxylic acid groups (broad SMARTS) is 1. The number of nitrogens with zero attached hydrogens (tertiary/aromatic N) is 2. The molecule has 38 heavy (non-hydrogen) atoms. The number of carbonyl (C=O) groups is 3. The molecule has 2 bridgehead atoms. The van der Waals surface area contributed by atoms with Gasteiger partial charge in [0.1, 0.15) is 5.69 Å². The van der Waals surface area contributed by atoms with Crippen molar-refractivity contribution < 1.29 is 24.4 Å². The lowest BCUT2D eigenvalue weighted by Crippen LogP contribution is -2.65. The molecule has 1 heterocycles. The number of carboxylic acids is 1. The van der Waals surface area contributed by atoms with Gasteiger partial charge in [-0.25, -0.2) is 4.90 Å². The van der Waals surface area contributed by atoms with Crippen LogP contribution in [0.5, 0.6) is 0 Å². The molecule has 0 radical (unpaired) electrons. The van der Waals surface area contributed by atoms with Gasteiger partial charge in [-0.05, 0) is 74.2 Å². The number of allylic oxidation sites excluding steroid dienone is 2. The number of carbonyl (C=O) groups excluding carboxylic acids is 2. The molecule has 4 fully saturated rings. The molecule has 8 nitrogen and oxygen atoms in total. The lowest BCUT2D eigenvalue weighted by atomic mass is 9.34. The number of aliphatic carboxylic acids is 1. The van der Waals surface area contributed by atoms with E-state index in [0.717, 1.165) is 24.2 Å². The minimum atomic E-state index is -0.804. The summed E-state index contributed by atoms with van der Waals surface area (Å²) in [5.41, 5.74) is -0.593. The molecule has 1 saturated heterocycles. The van der Waals surface area contributed by atoms with Crippen molar-refractivity contribution >= 4 is 29.2 Å². The summed E-state index contributed by atoms with van der Waals surface area (Å²) < 4.78 is 0. The Morgan fingerprint density at radius 1 is 1.11 bits per heavy atom. The average molecular weight is 521 g/mol. The molecule has 5 aliphatic carbocycles. The first-order chi connectivity index (χ1) is 17.9. The van der Waals surface area contributed by atoms with E-state index >= 15 is 0 Å². The lowest BCUT2D eigenvalue weighted by Gasteiger charge is -2.68. The molecule has 2 amide bonds. The fraction of sp³-hybridized carbons (Fsp3) is 0.633. The average Bonchev–Trinajstić information content (AvgIpc) is 3.15. The number of para-hydroxylation sites is 2. The van der Waals surface area contributed by atoms with E-state index in [4.69, 9.17) is 0 Å². The summed E-state index contributed by atoms with van der Waals surface area (Å²) in [6, 6.07) is 6.00. The zero-order valence-electron chi connectivity index (χ0n) is 22.5. The molecule has 3 saturated carbocycles. The fourth-order valence-electron chi connectivity index (χ4n) is 10.0. The van der Waals surface area contributed by atoms with Crippen molar-refractivity contribution in [2.45, 2.75) is 66.2 Å². The van der Waals surface area contributed by atoms with Crippen LogP contribution in [0.2, 0.25) is 0 Å². The predicted octanol–water partition coefficient (Wildman–Crippen LogP) is 5.61. The maximum atomic E-state index is 14.3. The van der Waals surface area contributed by atoms with Gasteiger partial charge in [-0.15, -0.1) is 0 Å². The van der Waals surface area contributed by atoms with Crippen LogP contribution in [0.25, 0.3) is 0 Å². The number of rotatable bonds is 4. The molecule has 1 N–H and O–H groups in total. The van der Waals surface area contributed by atoms with Crippen molar-refractivity contribution in [3.05, 3.63) is 46.0 Å². The number of fused-ring (bicyclic) bond motifs is 1. The topological polar surface area (TPSA) is 118 Å². The van der Waals surface area contributed by atoms with Crippen molar-refractivity contribution in [2.24, 2.45) is 51.8 Å². The van der Waals surface area contributed by atoms with Crippen LogP contribution in [0.1, 0.15) is 66.2 Å². The second-order valence-corrected chi connectivity index (χ2v) is 13.2. The van der Waals surface area contributed by atoms with Crippen LogP contribution in [-0.4, -0.2) is 27.8 Å². The normalized spacial score (nSPS) is 41.4. The van der Waals surface area contributed by atoms with E-state index in [1.807, 2.05) is 6.92 Å². The minimum Gasteiger partial charge on any atom is -0.481 e. The number of hydrogen-bond donors (Lipinski definition) is 1. The van der Waals surface area contributed by atoms with Gasteiger partial charge >= 0.3 is 5.97 Å². The third-order valence-electron chi connectivity index (χ3n) is 11.5. The summed E-state index contributed by atoms with van der Waals surface area (Å²) >= 11 is 0. The van der Waals surface area contributed by atoms with Gasteiger partial charge in [0.05, 0.1) is 22.2 Å². The summed E-state index contributed by atoms with van der Waals surface area (Å²) in [6.45, 7) is 8.39. The highest BCUT2D eigenvalue weighted by molar-refractivity contribution is 6.23. The van der Waals surface area contributed by atoms with Crippen LogP contribution < -0.4 is 4.90 Å². The van der Waals surface area contributed by atoms with E-state index in [2.05, 4.69) is 26.8 Å². The van der Waals surface area contributed by atoms with Gasteiger partial charge in [0, 0.05) is 11.5 Å². The fourth-order valence-corrected chi connectivity index (χ4v) is 10.0. The van der Waals surface area contributed by atoms with E-state index in [1.54, 1.807) is 12.1 Å². The first-order valence-electron chi connectivity index (χ1n) is 14.0. The number of anilines is 1. The quantitative estimate of drug-likeness (QED) is 0.239. The molecule has 1 aromatic rings. The second kappa shape index (κ2) is 7.99. The zero-order chi connectivity index (χ0) is 27.4. The molecule has 7 rings (SSSR count). The van der Waals surface area contributed by atoms with Crippen LogP contribution in [0.15, 0.2) is 35.9 Å². The Hall–Kier alpha value is -3.03. The third kappa shape index (κ3) is 2.94. The van der Waals surface area contributed by atoms with Crippen molar-refractivity contribution in [3.8, 4) is 0 Å². The van der Waals surface area contributed by atoms with Crippen LogP contribution in [0, 0.1) is 61.9 Å². The van der Waals surface area contributed by atoms with Crippen LogP contribution in [-0.2, 0) is 14.4 Å². The number of hydrogen-bond acceptors (Lipinski definition) is 5. The molecule has 0 aromatic heterocycles. The molecule has 6 aliphatic rings. The highest BCUT2D eigenvalue weighted by Gasteiger charge is 2.73. The molecule has 8 heteroatoms. The highest BCUT2D eigenvalue weighted by atomic mass is 16.6. The maximum Gasteiger partial charge on any atom is 0.309 e. The van der Waals surface area contributed by atoms with Crippen LogP contribution in [0.4, 0.5) is 11.4 Å². The number of nitro groups is 1. The zero-order valence-corrected chi connectivity index (χ0v) is 22.5. The lowest BCUT2D eigenvalue weighted by molar-refractivity contribution is -0.384. The van der Waals surface area contributed by atoms with Gasteiger partial charge in [0.2, 0.25) is 11.8 Å². The van der Waals surface area contributed by atoms with E-state index in [1.165, 1.54) is 17.7 Å². The van der Waals surface area contributed by atoms with E-state index in [9.17, 15) is 29.6 Å². The standard InChI is InChI=1S/C30H36N2O6/c1-16(2)18-15-30-13-10-21-28(3,11-7-12-29(21,4)27(35)36)22(30)14-17(18)23-24(30)26(34)31(25(23)33)19-8-5-6-9-20(19)32(37)38/h5-6,8-9,15-17,21-24H,7,10-14H2,1-4H3,(H,35,36)/t17-,21+,22+,23-,24+,28+,29-,30+/m1/s1. The van der Waals surface area contributed by atoms with Gasteiger partial charge in [-0.3, -0.25) is 24.5 Å². The Bertz CT molecular complexity index is 1300. The van der Waals surface area contributed by atoms with Gasteiger partial charge < -0.3 is 5.11 Å². The monoisotopic (exact) mass is 520 g/mol. The van der Waals surface area contributed by atoms with Crippen LogP contribution >= 0.6 is 0 Å². The molecule has 1 aliphatic heterocycles. The Morgan fingerprint density at radius 3 is 2.47 bits per heavy atom. The highest BCUT2D eigenvalue weighted by Crippen LogP contribution is 2.74. The van der Waals surface area contributed by atoms with Crippen molar-refractivity contribution in [2.75, 3.05) is 4.90 Å². The smallest absolute Gasteiger partial charge is 0.309 e. The predicted molar refractivity (Wildman–Crippen MR) is 140 cm³/mol. The van der Waals surface area contributed by atoms with Gasteiger partial charge in [-0.2, -0.15) is 0 Å². The molecule has 8 atom stereocenters. The van der Waals surface area contributed by atoms with Crippen LogP contribution in [0.3, 0.4) is 0 Å². The number of amides is 2. The maximum absolute atomic E-state index is 14.3. The molecule has 0 unspecified atom stereocenters. The van der Waals surface area contributed by atoms with Crippen molar-refractivity contribution in [1.82, 2.24) is 0 Å². The molecular weight excluding hydrogens is 484 g/mol. The first kappa shape index (κ1) is 25.3. The third-order valence-corrected chi connectivity index (χ3v) is 11.5. The summed E-state index contributed by atoms with van der Waals surface area (Å²) in [6.07, 6.45) is 6.84. The molecular formula is C30H36N2O6. The molecule has 1 spiro atoms. The Balaban J connectivity index is 1.50. The SMILES string of the molecule is CC(C)C1=C[C@@]23CC[C@H]4[C@](C)(CCC[C@@]4(C)C(=O)O)[C@@H]2C[C@H]1[C@H]1C(=O)N(c2ccccc2[N+](=O)[O-])C(=O)[C@H]13. The Labute approximate surface area is 222 Å². The molecule has 1 aromatic carbocycles. The first-order valence-corrected chi connectivity index (χ1v) is 14.0. The minimum absolute atomic E-state index is 0.00379. The Kier molecular flexibility index (Phi) is 5.31. The van der Waals surface area contributed by atoms with E-state index < -0.39 is 33.6 Å².